The zero-order valence-corrected chi connectivity index (χ0v) is 42.5. The fourth-order valence-electron chi connectivity index (χ4n) is 7.28. The van der Waals surface area contributed by atoms with Gasteiger partial charge in [-0.1, -0.05) is 202 Å². The molecule has 0 N–H and O–H groups in total. The minimum Gasteiger partial charge on any atom is -0.462 e. The van der Waals surface area contributed by atoms with Gasteiger partial charge < -0.3 is 14.2 Å². The van der Waals surface area contributed by atoms with Crippen LogP contribution in [-0.2, 0) is 28.6 Å². The van der Waals surface area contributed by atoms with Gasteiger partial charge in [0.15, 0.2) is 6.10 Å². The van der Waals surface area contributed by atoms with Gasteiger partial charge in [-0.15, -0.1) is 0 Å². The second-order valence-electron chi connectivity index (χ2n) is 17.7. The number of ether oxygens (including phenoxy) is 3. The average molecular weight is 905 g/mol. The molecule has 0 heterocycles. The summed E-state index contributed by atoms with van der Waals surface area (Å²) in [6, 6.07) is 0. The molecule has 1 atom stereocenters. The van der Waals surface area contributed by atoms with Gasteiger partial charge >= 0.3 is 17.9 Å². The predicted molar refractivity (Wildman–Crippen MR) is 279 cm³/mol. The van der Waals surface area contributed by atoms with Crippen LogP contribution in [0.25, 0.3) is 0 Å². The number of hydrogen-bond donors (Lipinski definition) is 0. The van der Waals surface area contributed by atoms with E-state index in [0.29, 0.717) is 19.3 Å². The maximum absolute atomic E-state index is 12.8. The monoisotopic (exact) mass is 905 g/mol. The number of allylic oxidation sites excluding steroid dienone is 14. The topological polar surface area (TPSA) is 78.9 Å². The van der Waals surface area contributed by atoms with Crippen molar-refractivity contribution in [2.75, 3.05) is 13.2 Å². The Morgan fingerprint density at radius 3 is 0.938 bits per heavy atom. The summed E-state index contributed by atoms with van der Waals surface area (Å²) in [5.74, 6) is -0.929. The molecule has 0 aromatic carbocycles. The third kappa shape index (κ3) is 51.4. The van der Waals surface area contributed by atoms with Crippen molar-refractivity contribution in [1.82, 2.24) is 0 Å². The molecule has 0 saturated carbocycles. The Balaban J connectivity index is 4.45. The van der Waals surface area contributed by atoms with Crippen LogP contribution < -0.4 is 0 Å². The Kier molecular flexibility index (Phi) is 50.4. The molecule has 0 aliphatic rings. The molecular formula is C59H100O6. The molecule has 0 aromatic rings. The van der Waals surface area contributed by atoms with Gasteiger partial charge in [0, 0.05) is 19.3 Å². The van der Waals surface area contributed by atoms with Crippen LogP contribution in [0.5, 0.6) is 0 Å². The van der Waals surface area contributed by atoms with E-state index in [9.17, 15) is 14.4 Å². The van der Waals surface area contributed by atoms with Gasteiger partial charge in [0.1, 0.15) is 13.2 Å². The van der Waals surface area contributed by atoms with E-state index in [4.69, 9.17) is 14.2 Å². The predicted octanol–water partition coefficient (Wildman–Crippen LogP) is 18.0. The van der Waals surface area contributed by atoms with E-state index in [2.05, 4.69) is 106 Å². The molecule has 0 rings (SSSR count). The highest BCUT2D eigenvalue weighted by Gasteiger charge is 2.19. The van der Waals surface area contributed by atoms with E-state index in [1.807, 2.05) is 0 Å². The highest BCUT2D eigenvalue weighted by molar-refractivity contribution is 5.71. The molecule has 0 aromatic heterocycles. The summed E-state index contributed by atoms with van der Waals surface area (Å²) in [7, 11) is 0. The van der Waals surface area contributed by atoms with Crippen molar-refractivity contribution < 1.29 is 28.6 Å². The summed E-state index contributed by atoms with van der Waals surface area (Å²) < 4.78 is 16.8. The molecule has 65 heavy (non-hydrogen) atoms. The van der Waals surface area contributed by atoms with Crippen LogP contribution in [0.15, 0.2) is 85.1 Å². The minimum absolute atomic E-state index is 0.0928. The fourth-order valence-corrected chi connectivity index (χ4v) is 7.28. The lowest BCUT2D eigenvalue weighted by Gasteiger charge is -2.18. The summed E-state index contributed by atoms with van der Waals surface area (Å²) in [6.07, 6.45) is 68.4. The summed E-state index contributed by atoms with van der Waals surface area (Å²) in [6.45, 7) is 6.44. The van der Waals surface area contributed by atoms with Crippen molar-refractivity contribution in [3.63, 3.8) is 0 Å². The van der Waals surface area contributed by atoms with Gasteiger partial charge in [0.05, 0.1) is 0 Å². The van der Waals surface area contributed by atoms with Crippen molar-refractivity contribution in [1.29, 1.82) is 0 Å². The van der Waals surface area contributed by atoms with E-state index < -0.39 is 6.10 Å². The molecule has 6 nitrogen and oxygen atoms in total. The quantitative estimate of drug-likeness (QED) is 0.0262. The number of hydrogen-bond acceptors (Lipinski definition) is 6. The Hall–Kier alpha value is -3.41. The molecular weight excluding hydrogens is 805 g/mol. The maximum Gasteiger partial charge on any atom is 0.306 e. The Morgan fingerprint density at radius 2 is 0.600 bits per heavy atom. The molecule has 0 saturated heterocycles. The zero-order valence-electron chi connectivity index (χ0n) is 42.5. The summed E-state index contributed by atoms with van der Waals surface area (Å²) in [5.41, 5.74) is 0. The number of esters is 3. The first kappa shape index (κ1) is 61.6. The third-order valence-corrected chi connectivity index (χ3v) is 11.4. The van der Waals surface area contributed by atoms with Crippen LogP contribution in [0.3, 0.4) is 0 Å². The second-order valence-corrected chi connectivity index (χ2v) is 17.7. The molecule has 0 fully saturated rings. The minimum atomic E-state index is -0.795. The molecule has 1 unspecified atom stereocenters. The average Bonchev–Trinajstić information content (AvgIpc) is 3.30. The van der Waals surface area contributed by atoms with Crippen LogP contribution in [0, 0.1) is 0 Å². The van der Waals surface area contributed by atoms with Gasteiger partial charge in [-0.2, -0.15) is 0 Å². The molecule has 0 radical (unpaired) electrons. The fraction of sp³-hybridized carbons (Fsp3) is 0.712. The highest BCUT2D eigenvalue weighted by Crippen LogP contribution is 2.14. The van der Waals surface area contributed by atoms with Crippen LogP contribution in [0.1, 0.15) is 252 Å². The lowest BCUT2D eigenvalue weighted by molar-refractivity contribution is -0.167. The normalized spacial score (nSPS) is 12.7. The Morgan fingerprint density at radius 1 is 0.323 bits per heavy atom. The summed E-state index contributed by atoms with van der Waals surface area (Å²) in [5, 5.41) is 0. The number of unbranched alkanes of at least 4 members (excludes halogenated alkanes) is 23. The van der Waals surface area contributed by atoms with Crippen molar-refractivity contribution in [3.05, 3.63) is 85.1 Å². The number of rotatable bonds is 48. The molecule has 0 aliphatic heterocycles. The van der Waals surface area contributed by atoms with Crippen molar-refractivity contribution >= 4 is 17.9 Å². The van der Waals surface area contributed by atoms with Crippen molar-refractivity contribution in [2.24, 2.45) is 0 Å². The largest absolute Gasteiger partial charge is 0.462 e. The molecule has 0 aliphatic carbocycles. The standard InChI is InChI=1S/C59H100O6/c1-4-7-10-13-16-19-22-25-28-29-32-34-37-40-43-46-49-52-58(61)64-55-56(65-59(62)53-50-47-44-41-38-35-31-27-24-21-18-15-12-9-6-3)54-63-57(60)51-48-45-42-39-36-33-30-26-23-20-17-14-11-8-5-2/h9,12,16-21,25-28,30-31,56H,4-8,10-11,13-15,22-24,29,32-55H2,1-3H3/b12-9-,19-16-,20-17-,21-18-,28-25-,30-26-,31-27-. The van der Waals surface area contributed by atoms with E-state index in [1.165, 1.54) is 77.0 Å². The molecule has 0 bridgehead atoms. The number of carbonyl (C=O) groups is 3. The Bertz CT molecular complexity index is 1270. The van der Waals surface area contributed by atoms with Crippen LogP contribution in [0.2, 0.25) is 0 Å². The summed E-state index contributed by atoms with van der Waals surface area (Å²) >= 11 is 0. The second kappa shape index (κ2) is 53.2. The highest BCUT2D eigenvalue weighted by atomic mass is 16.6. The lowest BCUT2D eigenvalue weighted by atomic mass is 10.1. The van der Waals surface area contributed by atoms with Gasteiger partial charge in [-0.05, 0) is 116 Å². The van der Waals surface area contributed by atoms with Crippen LogP contribution in [0.4, 0.5) is 0 Å². The van der Waals surface area contributed by atoms with E-state index in [0.717, 1.165) is 135 Å². The SMILES string of the molecule is CC/C=C\C/C=C\C/C=C\CCCCCCCC(=O)OC(COC(=O)CCCCCCC/C=C\C/C=C\CCCCC)COC(=O)CCCCCCCCC/C=C\C/C=C\CCCCC. The van der Waals surface area contributed by atoms with E-state index in [-0.39, 0.29) is 31.1 Å². The van der Waals surface area contributed by atoms with Gasteiger partial charge in [0.25, 0.3) is 0 Å². The number of carbonyl (C=O) groups excluding carboxylic acids is 3. The Labute approximate surface area is 401 Å². The van der Waals surface area contributed by atoms with Crippen LogP contribution in [-0.4, -0.2) is 37.2 Å². The van der Waals surface area contributed by atoms with Crippen molar-refractivity contribution in [3.8, 4) is 0 Å². The molecule has 0 amide bonds. The molecule has 372 valence electrons. The van der Waals surface area contributed by atoms with Gasteiger partial charge in [-0.25, -0.2) is 0 Å². The van der Waals surface area contributed by atoms with Gasteiger partial charge in [-0.3, -0.25) is 14.4 Å². The van der Waals surface area contributed by atoms with Crippen molar-refractivity contribution in [2.45, 2.75) is 258 Å². The van der Waals surface area contributed by atoms with E-state index >= 15 is 0 Å². The first-order chi connectivity index (χ1) is 32.0. The van der Waals surface area contributed by atoms with Crippen LogP contribution >= 0.6 is 0 Å². The molecule has 0 spiro atoms. The first-order valence-corrected chi connectivity index (χ1v) is 27.1. The molecule has 6 heteroatoms. The summed E-state index contributed by atoms with van der Waals surface area (Å²) in [4.78, 5) is 38.1. The van der Waals surface area contributed by atoms with Gasteiger partial charge in [0.2, 0.25) is 0 Å². The third-order valence-electron chi connectivity index (χ3n) is 11.4. The smallest absolute Gasteiger partial charge is 0.306 e. The zero-order chi connectivity index (χ0) is 47.2. The van der Waals surface area contributed by atoms with E-state index in [1.54, 1.807) is 0 Å². The lowest BCUT2D eigenvalue weighted by Crippen LogP contribution is -2.30. The maximum atomic E-state index is 12.8. The first-order valence-electron chi connectivity index (χ1n) is 27.1.